The van der Waals surface area contributed by atoms with Gasteiger partial charge < -0.3 is 29.2 Å². The molecular weight excluding hydrogens is 526 g/mol. The van der Waals surface area contributed by atoms with Crippen LogP contribution in [0.5, 0.6) is 0 Å². The smallest absolute Gasteiger partial charge is 0.337 e. The molecule has 10 nitrogen and oxygen atoms in total. The number of hydrogen-bond donors (Lipinski definition) is 2. The molecule has 1 fully saturated rings. The van der Waals surface area contributed by atoms with Gasteiger partial charge in [0, 0.05) is 44.2 Å². The van der Waals surface area contributed by atoms with Crippen molar-refractivity contribution in [2.24, 2.45) is 5.92 Å². The highest BCUT2D eigenvalue weighted by Crippen LogP contribution is 2.40. The second-order valence-corrected chi connectivity index (χ2v) is 10.5. The Morgan fingerprint density at radius 1 is 1.10 bits per heavy atom. The number of para-hydroxylation sites is 2. The number of esters is 1. The molecule has 0 spiro atoms. The largest absolute Gasteiger partial charge is 0.465 e. The molecular formula is C31H37N3O7. The molecule has 1 amide bonds. The van der Waals surface area contributed by atoms with E-state index in [-0.39, 0.29) is 41.8 Å². The lowest BCUT2D eigenvalue weighted by atomic mass is 9.80. The number of ether oxygens (including phenoxy) is 3. The van der Waals surface area contributed by atoms with Crippen molar-refractivity contribution in [1.29, 1.82) is 0 Å². The van der Waals surface area contributed by atoms with Gasteiger partial charge in [-0.05, 0) is 68.5 Å². The second-order valence-electron chi connectivity index (χ2n) is 10.5. The van der Waals surface area contributed by atoms with Gasteiger partial charge in [-0.2, -0.15) is 0 Å². The van der Waals surface area contributed by atoms with Crippen molar-refractivity contribution >= 4 is 22.9 Å². The Balaban J connectivity index is 1.38. The number of nitrogens with one attached hydrogen (secondary N) is 1. The molecule has 2 aliphatic heterocycles. The van der Waals surface area contributed by atoms with Gasteiger partial charge in [0.05, 0.1) is 23.7 Å². The third-order valence-electron chi connectivity index (χ3n) is 8.08. The number of methoxy groups -OCH3 is 1. The summed E-state index contributed by atoms with van der Waals surface area (Å²) in [6.45, 7) is 3.29. The molecule has 3 aromatic rings. The van der Waals surface area contributed by atoms with Crippen LogP contribution >= 0.6 is 0 Å². The third kappa shape index (κ3) is 5.94. The summed E-state index contributed by atoms with van der Waals surface area (Å²) in [5.41, 5.74) is 2.89. The minimum atomic E-state index is -0.664. The fraction of sp³-hybridized carbons (Fsp3) is 0.452. The number of aliphatic hydroxyl groups is 1. The number of likely N-dealkylation sites (tertiary alicyclic amines) is 1. The first-order valence-corrected chi connectivity index (χ1v) is 14.2. The average molecular weight is 564 g/mol. The number of benzene rings is 2. The summed E-state index contributed by atoms with van der Waals surface area (Å²) in [6.07, 6.45) is 3.67. The van der Waals surface area contributed by atoms with Crippen LogP contribution in [0.3, 0.4) is 0 Å². The Kier molecular flexibility index (Phi) is 8.90. The molecule has 2 N–H and O–H groups in total. The van der Waals surface area contributed by atoms with Crippen LogP contribution in [0.4, 0.5) is 0 Å². The number of aliphatic hydroxyl groups excluding tert-OH is 1. The van der Waals surface area contributed by atoms with Gasteiger partial charge in [0.1, 0.15) is 0 Å². The normalized spacial score (nSPS) is 21.4. The van der Waals surface area contributed by atoms with E-state index in [1.165, 1.54) is 7.11 Å². The Bertz CT molecular complexity index is 1450. The number of aromatic amines is 1. The number of allylic oxidation sites excluding steroid dienone is 1. The Morgan fingerprint density at radius 3 is 2.51 bits per heavy atom. The van der Waals surface area contributed by atoms with Crippen LogP contribution in [0.1, 0.15) is 60.5 Å². The molecule has 2 aromatic carbocycles. The third-order valence-corrected chi connectivity index (χ3v) is 8.08. The van der Waals surface area contributed by atoms with Gasteiger partial charge in [-0.1, -0.05) is 24.3 Å². The summed E-state index contributed by atoms with van der Waals surface area (Å²) in [6, 6.07) is 14.8. The number of aromatic nitrogens is 2. The summed E-state index contributed by atoms with van der Waals surface area (Å²) in [5.74, 6) is -0.760. The molecule has 0 bridgehead atoms. The number of H-pyrrole nitrogens is 1. The maximum absolute atomic E-state index is 13.8. The molecule has 0 aliphatic carbocycles. The van der Waals surface area contributed by atoms with E-state index in [4.69, 9.17) is 14.2 Å². The lowest BCUT2D eigenvalue weighted by molar-refractivity contribution is -0.170. The van der Waals surface area contributed by atoms with E-state index in [2.05, 4.69) is 4.98 Å². The van der Waals surface area contributed by atoms with Crippen LogP contribution in [0.15, 0.2) is 65.2 Å². The van der Waals surface area contributed by atoms with Crippen molar-refractivity contribution in [3.63, 3.8) is 0 Å². The van der Waals surface area contributed by atoms with Gasteiger partial charge in [-0.15, -0.1) is 0 Å². The second kappa shape index (κ2) is 12.7. The number of piperidine rings is 1. The topological polar surface area (TPSA) is 123 Å². The SMILES string of the molecule is CCO[C@@H]1OC(C(=O)N2CCC(n3c(=O)[nH]c4ccccc43)CC2)=C[C@H](c2ccc(C(=O)OC)cc2)[C@H]1CCCO. The van der Waals surface area contributed by atoms with Crippen LogP contribution in [0.25, 0.3) is 11.0 Å². The number of fused-ring (bicyclic) bond motifs is 1. The first-order valence-electron chi connectivity index (χ1n) is 14.2. The Labute approximate surface area is 238 Å². The van der Waals surface area contributed by atoms with Crippen LogP contribution < -0.4 is 5.69 Å². The molecule has 3 heterocycles. The molecule has 1 saturated heterocycles. The zero-order valence-electron chi connectivity index (χ0n) is 23.5. The number of imidazole rings is 1. The lowest BCUT2D eigenvalue weighted by Crippen LogP contribution is -2.44. The van der Waals surface area contributed by atoms with Crippen molar-refractivity contribution in [3.05, 3.63) is 82.0 Å². The Hall–Kier alpha value is -3.89. The molecule has 5 rings (SSSR count). The molecule has 1 aromatic heterocycles. The fourth-order valence-corrected chi connectivity index (χ4v) is 6.02. The van der Waals surface area contributed by atoms with Gasteiger partial charge >= 0.3 is 11.7 Å². The maximum Gasteiger partial charge on any atom is 0.337 e. The minimum Gasteiger partial charge on any atom is -0.465 e. The van der Waals surface area contributed by atoms with Crippen LogP contribution in [-0.2, 0) is 19.0 Å². The number of hydrogen-bond acceptors (Lipinski definition) is 7. The lowest BCUT2D eigenvalue weighted by Gasteiger charge is -2.39. The molecule has 41 heavy (non-hydrogen) atoms. The number of amides is 1. The molecule has 0 saturated carbocycles. The van der Waals surface area contributed by atoms with E-state index in [1.807, 2.05) is 49.4 Å². The standard InChI is InChI=1S/C31H37N3O7/c1-3-40-30-23(7-6-18-35)24(20-10-12-21(13-11-20)29(37)39-2)19-27(41-30)28(36)33-16-14-22(15-17-33)34-26-9-5-4-8-25(26)32-31(34)38/h4-5,8-13,19,22-24,30,35H,3,6-7,14-18H2,1-2H3,(H,32,38)/t23-,24-,30-/m1/s1. The molecule has 0 unspecified atom stereocenters. The van der Waals surface area contributed by atoms with E-state index >= 15 is 0 Å². The van der Waals surface area contributed by atoms with Crippen molar-refractivity contribution < 1.29 is 28.9 Å². The maximum atomic E-state index is 13.8. The first-order chi connectivity index (χ1) is 19.9. The summed E-state index contributed by atoms with van der Waals surface area (Å²) < 4.78 is 18.8. The first kappa shape index (κ1) is 28.6. The monoisotopic (exact) mass is 563 g/mol. The highest BCUT2D eigenvalue weighted by Gasteiger charge is 2.39. The highest BCUT2D eigenvalue weighted by molar-refractivity contribution is 5.92. The van der Waals surface area contributed by atoms with Gasteiger partial charge in [-0.3, -0.25) is 9.36 Å². The predicted octanol–water partition coefficient (Wildman–Crippen LogP) is 3.73. The predicted molar refractivity (Wildman–Crippen MR) is 152 cm³/mol. The van der Waals surface area contributed by atoms with E-state index in [1.54, 1.807) is 21.6 Å². The zero-order chi connectivity index (χ0) is 28.9. The van der Waals surface area contributed by atoms with E-state index in [0.29, 0.717) is 50.9 Å². The van der Waals surface area contributed by atoms with Gasteiger partial charge in [0.25, 0.3) is 5.91 Å². The van der Waals surface area contributed by atoms with Gasteiger partial charge in [-0.25, -0.2) is 9.59 Å². The number of rotatable bonds is 9. The van der Waals surface area contributed by atoms with Crippen molar-refractivity contribution in [2.45, 2.75) is 50.9 Å². The number of carbonyl (C=O) groups excluding carboxylic acids is 2. The zero-order valence-corrected chi connectivity index (χ0v) is 23.5. The molecule has 3 atom stereocenters. The Morgan fingerprint density at radius 2 is 1.83 bits per heavy atom. The summed E-state index contributed by atoms with van der Waals surface area (Å²) in [4.78, 5) is 43.1. The van der Waals surface area contributed by atoms with Crippen LogP contribution in [-0.4, -0.2) is 71.1 Å². The van der Waals surface area contributed by atoms with E-state index < -0.39 is 12.3 Å². The van der Waals surface area contributed by atoms with Crippen molar-refractivity contribution in [1.82, 2.24) is 14.5 Å². The molecule has 218 valence electrons. The molecule has 2 aliphatic rings. The van der Waals surface area contributed by atoms with Crippen molar-refractivity contribution in [2.75, 3.05) is 33.4 Å². The van der Waals surface area contributed by atoms with Crippen molar-refractivity contribution in [3.8, 4) is 0 Å². The summed E-state index contributed by atoms with van der Waals surface area (Å²) in [7, 11) is 1.34. The molecule has 0 radical (unpaired) electrons. The van der Waals surface area contributed by atoms with E-state index in [0.717, 1.165) is 16.6 Å². The molecule has 10 heteroatoms. The quantitative estimate of drug-likeness (QED) is 0.380. The fourth-order valence-electron chi connectivity index (χ4n) is 6.02. The van der Waals surface area contributed by atoms with Gasteiger partial charge in [0.15, 0.2) is 5.76 Å². The summed E-state index contributed by atoms with van der Waals surface area (Å²) in [5, 5.41) is 9.54. The van der Waals surface area contributed by atoms with E-state index in [9.17, 15) is 19.5 Å². The number of carbonyl (C=O) groups is 2. The summed E-state index contributed by atoms with van der Waals surface area (Å²) >= 11 is 0. The number of nitrogens with zero attached hydrogens (tertiary/aromatic N) is 2. The minimum absolute atomic E-state index is 0.0101. The average Bonchev–Trinajstić information content (AvgIpc) is 3.35. The van der Waals surface area contributed by atoms with Crippen LogP contribution in [0, 0.1) is 5.92 Å². The highest BCUT2D eigenvalue weighted by atomic mass is 16.7. The van der Waals surface area contributed by atoms with Crippen LogP contribution in [0.2, 0.25) is 0 Å². The van der Waals surface area contributed by atoms with Gasteiger partial charge in [0.2, 0.25) is 6.29 Å².